The molecule has 1 aliphatic carbocycles. The van der Waals surface area contributed by atoms with E-state index in [2.05, 4.69) is 0 Å². The lowest BCUT2D eigenvalue weighted by molar-refractivity contribution is 0.551. The average Bonchev–Trinajstić information content (AvgIpc) is 2.56. The van der Waals surface area contributed by atoms with Crippen molar-refractivity contribution in [2.45, 2.75) is 32.1 Å². The highest BCUT2D eigenvalue weighted by atomic mass is 32.3. The highest BCUT2D eigenvalue weighted by Gasteiger charge is 2.15. The molecular weight excluding hydrogens is 235 g/mol. The predicted octanol–water partition coefficient (Wildman–Crippen LogP) is 2.47. The van der Waals surface area contributed by atoms with Crippen LogP contribution >= 0.6 is 11.3 Å². The van der Waals surface area contributed by atoms with Crippen LogP contribution in [0.4, 0.5) is 3.89 Å². The summed E-state index contributed by atoms with van der Waals surface area (Å²) in [6, 6.07) is 2.05. The number of halogens is 1. The molecule has 0 N–H and O–H groups in total. The SMILES string of the molecule is O=S(=O)(F)CCc1cc2c(s1)CCCC2. The van der Waals surface area contributed by atoms with E-state index in [1.165, 1.54) is 23.3 Å². The molecule has 0 saturated carbocycles. The van der Waals surface area contributed by atoms with Gasteiger partial charge in [0, 0.05) is 9.75 Å². The number of fused-ring (bicyclic) bond motifs is 1. The Morgan fingerprint density at radius 1 is 1.33 bits per heavy atom. The van der Waals surface area contributed by atoms with Crippen molar-refractivity contribution in [3.05, 3.63) is 21.4 Å². The van der Waals surface area contributed by atoms with Gasteiger partial charge in [-0.3, -0.25) is 0 Å². The highest BCUT2D eigenvalue weighted by Crippen LogP contribution is 2.30. The van der Waals surface area contributed by atoms with Crippen molar-refractivity contribution in [3.63, 3.8) is 0 Å². The molecule has 0 aliphatic heterocycles. The lowest BCUT2D eigenvalue weighted by Gasteiger charge is -2.08. The van der Waals surface area contributed by atoms with E-state index in [1.54, 1.807) is 11.3 Å². The van der Waals surface area contributed by atoms with Crippen LogP contribution in [0.2, 0.25) is 0 Å². The molecule has 0 atom stereocenters. The monoisotopic (exact) mass is 248 g/mol. The van der Waals surface area contributed by atoms with Crippen LogP contribution < -0.4 is 0 Å². The second-order valence-corrected chi connectivity index (χ2v) is 6.57. The van der Waals surface area contributed by atoms with E-state index in [1.807, 2.05) is 6.07 Å². The van der Waals surface area contributed by atoms with E-state index in [0.717, 1.165) is 17.7 Å². The summed E-state index contributed by atoms with van der Waals surface area (Å²) >= 11 is 1.64. The minimum absolute atomic E-state index is 0.316. The molecule has 0 saturated heterocycles. The van der Waals surface area contributed by atoms with Crippen molar-refractivity contribution in [1.82, 2.24) is 0 Å². The Labute approximate surface area is 93.3 Å². The number of thiophene rings is 1. The van der Waals surface area contributed by atoms with Gasteiger partial charge in [-0.05, 0) is 43.7 Å². The molecule has 2 nitrogen and oxygen atoms in total. The standard InChI is InChI=1S/C10H13FO2S2/c11-15(12,13)6-5-9-7-8-3-1-2-4-10(8)14-9/h7H,1-6H2. The Balaban J connectivity index is 2.07. The maximum absolute atomic E-state index is 12.3. The van der Waals surface area contributed by atoms with Gasteiger partial charge in [0.2, 0.25) is 0 Å². The number of hydrogen-bond acceptors (Lipinski definition) is 3. The Morgan fingerprint density at radius 3 is 2.73 bits per heavy atom. The van der Waals surface area contributed by atoms with Crippen molar-refractivity contribution < 1.29 is 12.3 Å². The fraction of sp³-hybridized carbons (Fsp3) is 0.600. The number of aryl methyl sites for hydroxylation is 3. The van der Waals surface area contributed by atoms with E-state index >= 15 is 0 Å². The van der Waals surface area contributed by atoms with Gasteiger partial charge in [-0.2, -0.15) is 8.42 Å². The second kappa shape index (κ2) is 4.22. The zero-order valence-electron chi connectivity index (χ0n) is 8.33. The maximum Gasteiger partial charge on any atom is 0.302 e. The van der Waals surface area contributed by atoms with Crippen LogP contribution in [0.1, 0.15) is 28.2 Å². The van der Waals surface area contributed by atoms with Gasteiger partial charge < -0.3 is 0 Å². The fourth-order valence-electron chi connectivity index (χ4n) is 1.90. The summed E-state index contributed by atoms with van der Waals surface area (Å²) in [4.78, 5) is 2.37. The summed E-state index contributed by atoms with van der Waals surface area (Å²) in [5.74, 6) is -0.383. The van der Waals surface area contributed by atoms with Gasteiger partial charge in [0.05, 0.1) is 5.75 Å². The quantitative estimate of drug-likeness (QED) is 0.770. The minimum Gasteiger partial charge on any atom is -0.195 e. The smallest absolute Gasteiger partial charge is 0.195 e. The molecule has 1 aromatic heterocycles. The van der Waals surface area contributed by atoms with Gasteiger partial charge in [0.15, 0.2) is 0 Å². The first-order valence-electron chi connectivity index (χ1n) is 5.07. The van der Waals surface area contributed by atoms with Gasteiger partial charge in [0.25, 0.3) is 0 Å². The first-order valence-corrected chi connectivity index (χ1v) is 7.44. The summed E-state index contributed by atoms with van der Waals surface area (Å²) in [6.07, 6.45) is 4.94. The van der Waals surface area contributed by atoms with Crippen LogP contribution in [-0.4, -0.2) is 14.2 Å². The van der Waals surface area contributed by atoms with Crippen LogP contribution in [0.3, 0.4) is 0 Å². The van der Waals surface area contributed by atoms with Gasteiger partial charge in [0.1, 0.15) is 0 Å². The third-order valence-corrected chi connectivity index (χ3v) is 4.63. The van der Waals surface area contributed by atoms with Crippen LogP contribution in [0.25, 0.3) is 0 Å². The van der Waals surface area contributed by atoms with Crippen LogP contribution in [0, 0.1) is 0 Å². The van der Waals surface area contributed by atoms with E-state index in [4.69, 9.17) is 0 Å². The van der Waals surface area contributed by atoms with Crippen LogP contribution in [-0.2, 0) is 29.5 Å². The van der Waals surface area contributed by atoms with Crippen molar-refractivity contribution in [1.29, 1.82) is 0 Å². The summed E-state index contributed by atoms with van der Waals surface area (Å²) < 4.78 is 33.1. The molecule has 0 fully saturated rings. The van der Waals surface area contributed by atoms with Gasteiger partial charge in [-0.1, -0.05) is 0 Å². The van der Waals surface area contributed by atoms with Crippen LogP contribution in [0.5, 0.6) is 0 Å². The molecule has 1 aliphatic rings. The van der Waals surface area contributed by atoms with Crippen LogP contribution in [0.15, 0.2) is 6.07 Å². The molecular formula is C10H13FO2S2. The summed E-state index contributed by atoms with van der Waals surface area (Å²) in [7, 11) is -4.32. The first kappa shape index (κ1) is 11.1. The van der Waals surface area contributed by atoms with E-state index in [0.29, 0.717) is 6.42 Å². The topological polar surface area (TPSA) is 34.1 Å². The Kier molecular flexibility index (Phi) is 3.11. The van der Waals surface area contributed by atoms with E-state index in [9.17, 15) is 12.3 Å². The first-order chi connectivity index (χ1) is 7.04. The third kappa shape index (κ3) is 3.01. The molecule has 0 radical (unpaired) electrons. The molecule has 0 spiro atoms. The number of hydrogen-bond donors (Lipinski definition) is 0. The average molecular weight is 248 g/mol. The van der Waals surface area contributed by atoms with Crippen molar-refractivity contribution in [2.75, 3.05) is 5.75 Å². The maximum atomic E-state index is 12.3. The summed E-state index contributed by atoms with van der Waals surface area (Å²) in [6.45, 7) is 0. The molecule has 0 amide bonds. The minimum atomic E-state index is -4.32. The molecule has 0 bridgehead atoms. The molecule has 5 heteroatoms. The molecule has 0 aromatic carbocycles. The van der Waals surface area contributed by atoms with Crippen molar-refractivity contribution in [3.8, 4) is 0 Å². The Hall–Kier alpha value is -0.420. The molecule has 2 rings (SSSR count). The van der Waals surface area contributed by atoms with Gasteiger partial charge in [-0.15, -0.1) is 15.2 Å². The third-order valence-electron chi connectivity index (χ3n) is 2.64. The predicted molar refractivity (Wildman–Crippen MR) is 59.6 cm³/mol. The number of rotatable bonds is 3. The van der Waals surface area contributed by atoms with Gasteiger partial charge in [-0.25, -0.2) is 0 Å². The fourth-order valence-corrected chi connectivity index (χ4v) is 3.75. The molecule has 1 aromatic rings. The lowest BCUT2D eigenvalue weighted by Crippen LogP contribution is -2.00. The summed E-state index contributed by atoms with van der Waals surface area (Å²) in [5.41, 5.74) is 1.34. The van der Waals surface area contributed by atoms with Crippen molar-refractivity contribution in [2.24, 2.45) is 0 Å². The molecule has 15 heavy (non-hydrogen) atoms. The second-order valence-electron chi connectivity index (χ2n) is 3.86. The lowest BCUT2D eigenvalue weighted by atomic mass is 9.99. The molecule has 1 heterocycles. The normalized spacial score (nSPS) is 16.3. The zero-order chi connectivity index (χ0) is 10.9. The zero-order valence-corrected chi connectivity index (χ0v) is 9.96. The summed E-state index contributed by atoms with van der Waals surface area (Å²) in [5, 5.41) is 0. The largest absolute Gasteiger partial charge is 0.302 e. The Bertz CT molecular complexity index is 424. The van der Waals surface area contributed by atoms with E-state index in [-0.39, 0.29) is 5.75 Å². The molecule has 84 valence electrons. The van der Waals surface area contributed by atoms with E-state index < -0.39 is 10.2 Å². The van der Waals surface area contributed by atoms with Crippen molar-refractivity contribution >= 4 is 21.6 Å². The highest BCUT2D eigenvalue weighted by molar-refractivity contribution is 7.86. The van der Waals surface area contributed by atoms with Gasteiger partial charge >= 0.3 is 10.2 Å². The molecule has 0 unspecified atom stereocenters. The Morgan fingerprint density at radius 2 is 2.07 bits per heavy atom.